The van der Waals surface area contributed by atoms with E-state index in [0.717, 1.165) is 0 Å². The fourth-order valence-electron chi connectivity index (χ4n) is 1.90. The van der Waals surface area contributed by atoms with Gasteiger partial charge in [0.2, 0.25) is 0 Å². The molecule has 1 aromatic carbocycles. The Kier molecular flexibility index (Phi) is 3.19. The highest BCUT2D eigenvalue weighted by molar-refractivity contribution is 5.87. The summed E-state index contributed by atoms with van der Waals surface area (Å²) in [5, 5.41) is 8.81. The second-order valence-corrected chi connectivity index (χ2v) is 3.96. The number of halogens is 1. The zero-order chi connectivity index (χ0) is 11.5. The number of alkyl halides is 1. The maximum absolute atomic E-state index is 14.0. The molecule has 0 aromatic heterocycles. The van der Waals surface area contributed by atoms with Gasteiger partial charge in [0.15, 0.2) is 0 Å². The van der Waals surface area contributed by atoms with Crippen LogP contribution in [-0.2, 0) is 4.74 Å². The molecule has 1 N–H and O–H groups in total. The molecule has 3 nitrogen and oxygen atoms in total. The predicted molar refractivity (Wildman–Crippen MR) is 56.2 cm³/mol. The molecule has 0 saturated carbocycles. The van der Waals surface area contributed by atoms with Gasteiger partial charge in [-0.05, 0) is 24.1 Å². The highest BCUT2D eigenvalue weighted by Crippen LogP contribution is 2.32. The molecule has 2 atom stereocenters. The zero-order valence-electron chi connectivity index (χ0n) is 8.73. The van der Waals surface area contributed by atoms with Gasteiger partial charge in [0.05, 0.1) is 12.2 Å². The van der Waals surface area contributed by atoms with Crippen molar-refractivity contribution in [1.29, 1.82) is 0 Å². The van der Waals surface area contributed by atoms with Crippen LogP contribution in [0.1, 0.15) is 28.5 Å². The third-order valence-corrected chi connectivity index (χ3v) is 2.83. The van der Waals surface area contributed by atoms with Crippen LogP contribution in [0.15, 0.2) is 24.3 Å². The third-order valence-electron chi connectivity index (χ3n) is 2.83. The normalized spacial score (nSPS) is 21.9. The summed E-state index contributed by atoms with van der Waals surface area (Å²) < 4.78 is 19.1. The smallest absolute Gasteiger partial charge is 0.335 e. The molecule has 86 valence electrons. The van der Waals surface area contributed by atoms with Crippen LogP contribution in [0.3, 0.4) is 0 Å². The van der Waals surface area contributed by atoms with Crippen molar-refractivity contribution in [1.82, 2.24) is 0 Å². The van der Waals surface area contributed by atoms with Gasteiger partial charge in [0.25, 0.3) is 0 Å². The summed E-state index contributed by atoms with van der Waals surface area (Å²) in [5.74, 6) is -1.18. The number of carbonyl (C=O) groups is 1. The van der Waals surface area contributed by atoms with Crippen molar-refractivity contribution >= 4 is 5.97 Å². The molecule has 1 heterocycles. The van der Waals surface area contributed by atoms with Gasteiger partial charge in [-0.3, -0.25) is 0 Å². The Bertz CT molecular complexity index is 386. The van der Waals surface area contributed by atoms with Crippen molar-refractivity contribution in [3.8, 4) is 0 Å². The van der Waals surface area contributed by atoms with E-state index in [1.165, 1.54) is 12.1 Å². The van der Waals surface area contributed by atoms with Crippen molar-refractivity contribution in [3.63, 3.8) is 0 Å². The van der Waals surface area contributed by atoms with E-state index in [0.29, 0.717) is 25.2 Å². The summed E-state index contributed by atoms with van der Waals surface area (Å²) in [6.45, 7) is 1.00. The van der Waals surface area contributed by atoms with Gasteiger partial charge in [-0.2, -0.15) is 0 Å². The monoisotopic (exact) mass is 224 g/mol. The van der Waals surface area contributed by atoms with Crippen molar-refractivity contribution < 1.29 is 19.0 Å². The van der Waals surface area contributed by atoms with E-state index in [1.807, 2.05) is 0 Å². The molecule has 1 fully saturated rings. The fraction of sp³-hybridized carbons (Fsp3) is 0.417. The first-order valence-electron chi connectivity index (χ1n) is 5.23. The number of benzene rings is 1. The number of aromatic carboxylic acids is 1. The van der Waals surface area contributed by atoms with Crippen LogP contribution in [0.2, 0.25) is 0 Å². The molecule has 0 bridgehead atoms. The lowest BCUT2D eigenvalue weighted by molar-refractivity contribution is 0.0696. The van der Waals surface area contributed by atoms with Crippen LogP contribution in [0, 0.1) is 5.92 Å². The molecule has 1 saturated heterocycles. The van der Waals surface area contributed by atoms with E-state index in [-0.39, 0.29) is 11.5 Å². The first kappa shape index (κ1) is 11.1. The minimum atomic E-state index is -1.14. The molecule has 1 aliphatic heterocycles. The molecule has 2 rings (SSSR count). The molecule has 0 spiro atoms. The van der Waals surface area contributed by atoms with Gasteiger partial charge in [-0.15, -0.1) is 0 Å². The van der Waals surface area contributed by atoms with Crippen molar-refractivity contribution in [2.24, 2.45) is 5.92 Å². The number of carboxylic acids is 1. The van der Waals surface area contributed by atoms with Crippen LogP contribution in [0.5, 0.6) is 0 Å². The predicted octanol–water partition coefficient (Wildman–Crippen LogP) is 2.43. The van der Waals surface area contributed by atoms with E-state index in [2.05, 4.69) is 0 Å². The maximum atomic E-state index is 14.0. The number of carboxylic acid groups (broad SMARTS) is 1. The summed E-state index contributed by atoms with van der Waals surface area (Å²) >= 11 is 0. The lowest BCUT2D eigenvalue weighted by Gasteiger charge is -2.14. The molecule has 0 amide bonds. The molecule has 0 radical (unpaired) electrons. The van der Waals surface area contributed by atoms with Crippen molar-refractivity contribution in [3.05, 3.63) is 35.4 Å². The summed E-state index contributed by atoms with van der Waals surface area (Å²) in [5.41, 5.74) is 0.550. The van der Waals surface area contributed by atoms with E-state index in [4.69, 9.17) is 9.84 Å². The van der Waals surface area contributed by atoms with Gasteiger partial charge in [0.1, 0.15) is 6.17 Å². The Hall–Kier alpha value is -1.42. The molecule has 1 aromatic rings. The van der Waals surface area contributed by atoms with Crippen LogP contribution >= 0.6 is 0 Å². The van der Waals surface area contributed by atoms with Gasteiger partial charge in [-0.1, -0.05) is 12.1 Å². The van der Waals surface area contributed by atoms with Crippen molar-refractivity contribution in [2.45, 2.75) is 12.6 Å². The average molecular weight is 224 g/mol. The largest absolute Gasteiger partial charge is 0.478 e. The van der Waals surface area contributed by atoms with Gasteiger partial charge < -0.3 is 9.84 Å². The van der Waals surface area contributed by atoms with E-state index >= 15 is 0 Å². The fourth-order valence-corrected chi connectivity index (χ4v) is 1.90. The number of hydrogen-bond acceptors (Lipinski definition) is 2. The van der Waals surface area contributed by atoms with E-state index < -0.39 is 12.1 Å². The summed E-state index contributed by atoms with van der Waals surface area (Å²) in [7, 11) is 0. The first-order valence-corrected chi connectivity index (χ1v) is 5.23. The molecular formula is C12H13FO3. The highest BCUT2D eigenvalue weighted by atomic mass is 19.1. The second kappa shape index (κ2) is 4.61. The Balaban J connectivity index is 2.18. The molecular weight excluding hydrogens is 211 g/mol. The van der Waals surface area contributed by atoms with Crippen LogP contribution in [0.4, 0.5) is 4.39 Å². The first-order chi connectivity index (χ1) is 7.68. The Morgan fingerprint density at radius 1 is 1.56 bits per heavy atom. The van der Waals surface area contributed by atoms with Gasteiger partial charge in [-0.25, -0.2) is 9.18 Å². The number of rotatable bonds is 3. The molecule has 0 aliphatic carbocycles. The lowest BCUT2D eigenvalue weighted by Crippen LogP contribution is -2.09. The second-order valence-electron chi connectivity index (χ2n) is 3.96. The molecule has 2 unspecified atom stereocenters. The highest BCUT2D eigenvalue weighted by Gasteiger charge is 2.27. The van der Waals surface area contributed by atoms with E-state index in [1.54, 1.807) is 12.1 Å². The minimum Gasteiger partial charge on any atom is -0.478 e. The van der Waals surface area contributed by atoms with E-state index in [9.17, 15) is 9.18 Å². The minimum absolute atomic E-state index is 0.124. The summed E-state index contributed by atoms with van der Waals surface area (Å²) in [6, 6.07) is 6.05. The van der Waals surface area contributed by atoms with Gasteiger partial charge >= 0.3 is 5.97 Å². The molecule has 1 aliphatic rings. The standard InChI is InChI=1S/C12H13FO3/c13-11(10-4-5-16-7-10)8-2-1-3-9(6-8)12(14)15/h1-3,6,10-11H,4-5,7H2,(H,14,15). The third kappa shape index (κ3) is 2.22. The average Bonchev–Trinajstić information content (AvgIpc) is 2.81. The van der Waals surface area contributed by atoms with Gasteiger partial charge in [0, 0.05) is 12.5 Å². The Morgan fingerprint density at radius 2 is 2.38 bits per heavy atom. The van der Waals surface area contributed by atoms with Crippen LogP contribution < -0.4 is 0 Å². The van der Waals surface area contributed by atoms with Crippen molar-refractivity contribution in [2.75, 3.05) is 13.2 Å². The Morgan fingerprint density at radius 3 is 3.00 bits per heavy atom. The summed E-state index contributed by atoms with van der Waals surface area (Å²) in [4.78, 5) is 10.7. The number of ether oxygens (including phenoxy) is 1. The summed E-state index contributed by atoms with van der Waals surface area (Å²) in [6.07, 6.45) is -0.444. The molecule has 16 heavy (non-hydrogen) atoms. The van der Waals surface area contributed by atoms with Crippen LogP contribution in [-0.4, -0.2) is 24.3 Å². The Labute approximate surface area is 92.9 Å². The maximum Gasteiger partial charge on any atom is 0.335 e. The zero-order valence-corrected chi connectivity index (χ0v) is 8.73. The SMILES string of the molecule is O=C(O)c1cccc(C(F)C2CCOC2)c1. The quantitative estimate of drug-likeness (QED) is 0.857. The topological polar surface area (TPSA) is 46.5 Å². The number of hydrogen-bond donors (Lipinski definition) is 1. The molecule has 4 heteroatoms. The lowest BCUT2D eigenvalue weighted by atomic mass is 9.95. The van der Waals surface area contributed by atoms with Crippen LogP contribution in [0.25, 0.3) is 0 Å².